The summed E-state index contributed by atoms with van der Waals surface area (Å²) in [6.45, 7) is 0.745. The minimum Gasteiger partial charge on any atom is -0.493 e. The van der Waals surface area contributed by atoms with Crippen LogP contribution in [-0.4, -0.2) is 54.4 Å². The van der Waals surface area contributed by atoms with E-state index in [0.29, 0.717) is 30.2 Å². The second-order valence-electron chi connectivity index (χ2n) is 7.18. The van der Waals surface area contributed by atoms with E-state index in [1.165, 1.54) is 30.9 Å². The number of methoxy groups -OCH3 is 2. The number of nitrogens with zero attached hydrogens (tertiary/aromatic N) is 3. The van der Waals surface area contributed by atoms with E-state index in [2.05, 4.69) is 5.16 Å². The molecule has 10 heteroatoms. The second-order valence-corrected chi connectivity index (χ2v) is 7.18. The fourth-order valence-corrected chi connectivity index (χ4v) is 3.58. The molecule has 0 radical (unpaired) electrons. The number of carbonyl (C=O) groups excluding carboxylic acids is 1. The minimum atomic E-state index is -0.744. The highest BCUT2D eigenvalue weighted by Gasteiger charge is 2.27. The summed E-state index contributed by atoms with van der Waals surface area (Å²) in [6, 6.07) is 11.0. The molecule has 9 nitrogen and oxygen atoms in total. The summed E-state index contributed by atoms with van der Waals surface area (Å²) in [5.74, 6) is -0.197. The predicted molar refractivity (Wildman–Crippen MR) is 111 cm³/mol. The van der Waals surface area contributed by atoms with Crippen molar-refractivity contribution in [3.63, 3.8) is 0 Å². The molecule has 32 heavy (non-hydrogen) atoms. The highest BCUT2D eigenvalue weighted by Crippen LogP contribution is 2.31. The van der Waals surface area contributed by atoms with Crippen LogP contribution < -0.4 is 15.2 Å². The molecule has 3 aromatic rings. The lowest BCUT2D eigenvalue weighted by Crippen LogP contribution is -2.44. The lowest BCUT2D eigenvalue weighted by atomic mass is 10.1. The molecule has 1 unspecified atom stereocenters. The Kier molecular flexibility index (Phi) is 6.22. The SMILES string of the molecule is COc1ccc(-c2noc(=O)n2CC(=O)N2CCOC(c3ccc(F)cc3)C2)cc1OC. The summed E-state index contributed by atoms with van der Waals surface area (Å²) in [5, 5.41) is 3.83. The summed E-state index contributed by atoms with van der Waals surface area (Å²) in [5.41, 5.74) is 1.31. The van der Waals surface area contributed by atoms with Crippen molar-refractivity contribution < 1.29 is 27.9 Å². The van der Waals surface area contributed by atoms with E-state index in [9.17, 15) is 14.0 Å². The topological polar surface area (TPSA) is 96.0 Å². The van der Waals surface area contributed by atoms with Crippen LogP contribution in [-0.2, 0) is 16.1 Å². The summed E-state index contributed by atoms with van der Waals surface area (Å²) in [7, 11) is 3.01. The molecule has 1 amide bonds. The molecule has 1 saturated heterocycles. The number of benzene rings is 2. The van der Waals surface area contributed by atoms with Crippen molar-refractivity contribution in [2.45, 2.75) is 12.6 Å². The highest BCUT2D eigenvalue weighted by atomic mass is 19.1. The number of ether oxygens (including phenoxy) is 3. The Labute approximate surface area is 182 Å². The molecular weight excluding hydrogens is 421 g/mol. The first-order chi connectivity index (χ1) is 15.5. The van der Waals surface area contributed by atoms with Gasteiger partial charge in [-0.1, -0.05) is 17.3 Å². The lowest BCUT2D eigenvalue weighted by molar-refractivity contribution is -0.139. The molecule has 0 saturated carbocycles. The number of amides is 1. The van der Waals surface area contributed by atoms with Crippen LogP contribution >= 0.6 is 0 Å². The molecule has 0 bridgehead atoms. The predicted octanol–water partition coefficient (Wildman–Crippen LogP) is 2.26. The van der Waals surface area contributed by atoms with Gasteiger partial charge in [-0.25, -0.2) is 13.8 Å². The third-order valence-electron chi connectivity index (χ3n) is 5.28. The van der Waals surface area contributed by atoms with Crippen molar-refractivity contribution >= 4 is 5.91 Å². The number of morpholine rings is 1. The van der Waals surface area contributed by atoms with E-state index >= 15 is 0 Å². The third kappa shape index (κ3) is 4.35. The maximum Gasteiger partial charge on any atom is 0.442 e. The summed E-state index contributed by atoms with van der Waals surface area (Å²) >= 11 is 0. The van der Waals surface area contributed by atoms with Gasteiger partial charge in [0.15, 0.2) is 17.3 Å². The number of hydrogen-bond acceptors (Lipinski definition) is 7. The number of halogens is 1. The molecule has 1 fully saturated rings. The van der Waals surface area contributed by atoms with Gasteiger partial charge in [-0.15, -0.1) is 0 Å². The van der Waals surface area contributed by atoms with E-state index in [4.69, 9.17) is 18.7 Å². The van der Waals surface area contributed by atoms with Crippen molar-refractivity contribution in [2.75, 3.05) is 33.9 Å². The summed E-state index contributed by atoms with van der Waals surface area (Å²) < 4.78 is 35.5. The molecule has 1 aliphatic heterocycles. The molecule has 2 heterocycles. The van der Waals surface area contributed by atoms with Crippen molar-refractivity contribution in [2.24, 2.45) is 0 Å². The Morgan fingerprint density at radius 1 is 1.16 bits per heavy atom. The Hall–Kier alpha value is -3.66. The van der Waals surface area contributed by atoms with Crippen LogP contribution in [0.4, 0.5) is 4.39 Å². The minimum absolute atomic E-state index is 0.202. The van der Waals surface area contributed by atoms with Crippen LogP contribution in [0.1, 0.15) is 11.7 Å². The summed E-state index contributed by atoms with van der Waals surface area (Å²) in [6.07, 6.45) is -0.377. The molecule has 2 aromatic carbocycles. The molecule has 0 spiro atoms. The maximum atomic E-state index is 13.2. The number of hydrogen-bond donors (Lipinski definition) is 0. The molecular formula is C22H22FN3O6. The molecule has 168 valence electrons. The fraction of sp³-hybridized carbons (Fsp3) is 0.318. The van der Waals surface area contributed by atoms with Crippen LogP contribution in [0.2, 0.25) is 0 Å². The van der Waals surface area contributed by atoms with Gasteiger partial charge in [0.05, 0.1) is 27.4 Å². The molecule has 4 rings (SSSR count). The van der Waals surface area contributed by atoms with Crippen LogP contribution in [0.3, 0.4) is 0 Å². The smallest absolute Gasteiger partial charge is 0.442 e. The van der Waals surface area contributed by atoms with Gasteiger partial charge in [0.25, 0.3) is 0 Å². The van der Waals surface area contributed by atoms with Crippen molar-refractivity contribution in [1.82, 2.24) is 14.6 Å². The molecule has 1 atom stereocenters. The van der Waals surface area contributed by atoms with Gasteiger partial charge in [0.1, 0.15) is 18.5 Å². The largest absolute Gasteiger partial charge is 0.493 e. The number of carbonyl (C=O) groups is 1. The second kappa shape index (κ2) is 9.23. The Morgan fingerprint density at radius 3 is 2.62 bits per heavy atom. The lowest BCUT2D eigenvalue weighted by Gasteiger charge is -2.33. The van der Waals surface area contributed by atoms with Gasteiger partial charge in [-0.05, 0) is 35.9 Å². The zero-order chi connectivity index (χ0) is 22.7. The van der Waals surface area contributed by atoms with Gasteiger partial charge in [-0.2, -0.15) is 0 Å². The molecule has 1 aliphatic rings. The number of rotatable bonds is 6. The first kappa shape index (κ1) is 21.6. The van der Waals surface area contributed by atoms with Crippen LogP contribution in [0.5, 0.6) is 11.5 Å². The van der Waals surface area contributed by atoms with Crippen LogP contribution in [0.15, 0.2) is 51.8 Å². The highest BCUT2D eigenvalue weighted by molar-refractivity contribution is 5.77. The molecule has 0 N–H and O–H groups in total. The van der Waals surface area contributed by atoms with E-state index in [1.807, 2.05) is 0 Å². The van der Waals surface area contributed by atoms with Crippen molar-refractivity contribution in [1.29, 1.82) is 0 Å². The maximum absolute atomic E-state index is 13.2. The van der Waals surface area contributed by atoms with Crippen molar-refractivity contribution in [3.8, 4) is 22.9 Å². The van der Waals surface area contributed by atoms with E-state index in [0.717, 1.165) is 5.56 Å². The number of aromatic nitrogens is 2. The van der Waals surface area contributed by atoms with Gasteiger partial charge < -0.3 is 19.1 Å². The van der Waals surface area contributed by atoms with E-state index < -0.39 is 5.76 Å². The fourth-order valence-electron chi connectivity index (χ4n) is 3.58. The van der Waals surface area contributed by atoms with Gasteiger partial charge in [0.2, 0.25) is 5.91 Å². The Balaban J connectivity index is 1.53. The first-order valence-corrected chi connectivity index (χ1v) is 9.94. The quantitative estimate of drug-likeness (QED) is 0.577. The van der Waals surface area contributed by atoms with Crippen molar-refractivity contribution in [3.05, 3.63) is 64.4 Å². The first-order valence-electron chi connectivity index (χ1n) is 9.94. The van der Waals surface area contributed by atoms with Gasteiger partial charge >= 0.3 is 5.76 Å². The molecule has 1 aromatic heterocycles. The molecule has 0 aliphatic carbocycles. The Morgan fingerprint density at radius 2 is 1.91 bits per heavy atom. The standard InChI is InChI=1S/C22H22FN3O6/c1-29-17-8-5-15(11-18(17)30-2)21-24-32-22(28)26(21)13-20(27)25-9-10-31-19(12-25)14-3-6-16(23)7-4-14/h3-8,11,19H,9-10,12-13H2,1-2H3. The van der Waals surface area contributed by atoms with E-state index in [1.54, 1.807) is 35.2 Å². The monoisotopic (exact) mass is 443 g/mol. The Bertz CT molecular complexity index is 1160. The third-order valence-corrected chi connectivity index (χ3v) is 5.28. The average Bonchev–Trinajstić information content (AvgIpc) is 3.19. The zero-order valence-corrected chi connectivity index (χ0v) is 17.6. The summed E-state index contributed by atoms with van der Waals surface area (Å²) in [4.78, 5) is 26.9. The van der Waals surface area contributed by atoms with Gasteiger partial charge in [-0.3, -0.25) is 9.32 Å². The van der Waals surface area contributed by atoms with Crippen LogP contribution in [0, 0.1) is 5.82 Å². The average molecular weight is 443 g/mol. The van der Waals surface area contributed by atoms with E-state index in [-0.39, 0.29) is 36.7 Å². The normalized spacial score (nSPS) is 16.1. The van der Waals surface area contributed by atoms with Crippen LogP contribution in [0.25, 0.3) is 11.4 Å². The zero-order valence-electron chi connectivity index (χ0n) is 17.6. The van der Waals surface area contributed by atoms with Gasteiger partial charge in [0, 0.05) is 12.1 Å².